The lowest BCUT2D eigenvalue weighted by molar-refractivity contribution is -0.117. The lowest BCUT2D eigenvalue weighted by atomic mass is 9.99. The van der Waals surface area contributed by atoms with Crippen LogP contribution in [0.3, 0.4) is 0 Å². The summed E-state index contributed by atoms with van der Waals surface area (Å²) in [6, 6.07) is 17.6. The van der Waals surface area contributed by atoms with Gasteiger partial charge in [0.05, 0.1) is 29.9 Å². The van der Waals surface area contributed by atoms with E-state index in [-0.39, 0.29) is 5.91 Å². The summed E-state index contributed by atoms with van der Waals surface area (Å²) in [5, 5.41) is 8.98. The quantitative estimate of drug-likeness (QED) is 0.713. The van der Waals surface area contributed by atoms with E-state index < -0.39 is 0 Å². The number of benzene rings is 2. The highest BCUT2D eigenvalue weighted by atomic mass is 16.2. The van der Waals surface area contributed by atoms with Crippen LogP contribution in [0.2, 0.25) is 0 Å². The minimum absolute atomic E-state index is 0.0989. The van der Waals surface area contributed by atoms with Crippen LogP contribution in [0.25, 0.3) is 11.1 Å². The van der Waals surface area contributed by atoms with Gasteiger partial charge in [-0.1, -0.05) is 36.4 Å². The van der Waals surface area contributed by atoms with Crippen molar-refractivity contribution in [3.05, 3.63) is 83.2 Å². The first-order chi connectivity index (χ1) is 13.2. The second kappa shape index (κ2) is 7.05. The predicted octanol–water partition coefficient (Wildman–Crippen LogP) is 4.06. The molecule has 0 N–H and O–H groups in total. The maximum atomic E-state index is 12.9. The van der Waals surface area contributed by atoms with Crippen LogP contribution in [0, 0.1) is 18.3 Å². The number of nitriles is 1. The molecule has 4 rings (SSSR count). The van der Waals surface area contributed by atoms with Crippen LogP contribution in [0.5, 0.6) is 0 Å². The molecule has 0 aliphatic carbocycles. The van der Waals surface area contributed by atoms with Crippen molar-refractivity contribution in [2.45, 2.75) is 19.8 Å². The van der Waals surface area contributed by atoms with Crippen LogP contribution < -0.4 is 4.90 Å². The highest BCUT2D eigenvalue weighted by Gasteiger charge is 2.27. The van der Waals surface area contributed by atoms with Crippen molar-refractivity contribution < 1.29 is 4.79 Å². The summed E-state index contributed by atoms with van der Waals surface area (Å²) in [6.07, 6.45) is 4.83. The fourth-order valence-electron chi connectivity index (χ4n) is 3.61. The van der Waals surface area contributed by atoms with Gasteiger partial charge in [0.15, 0.2) is 0 Å². The largest absolute Gasteiger partial charge is 0.310 e. The molecule has 0 radical (unpaired) electrons. The molecule has 3 aromatic rings. The van der Waals surface area contributed by atoms with Crippen molar-refractivity contribution in [2.75, 3.05) is 11.4 Å². The Hall–Kier alpha value is -3.45. The number of hydrogen-bond donors (Lipinski definition) is 0. The Morgan fingerprint density at radius 2 is 1.93 bits per heavy atom. The molecule has 1 aliphatic heterocycles. The van der Waals surface area contributed by atoms with Gasteiger partial charge in [0.2, 0.25) is 5.91 Å². The van der Waals surface area contributed by atoms with Crippen molar-refractivity contribution >= 4 is 11.6 Å². The number of aryl methyl sites for hydroxylation is 1. The van der Waals surface area contributed by atoms with Crippen LogP contribution >= 0.6 is 0 Å². The molecule has 0 fully saturated rings. The van der Waals surface area contributed by atoms with Gasteiger partial charge in [-0.2, -0.15) is 5.26 Å². The molecule has 0 bridgehead atoms. The highest BCUT2D eigenvalue weighted by molar-refractivity contribution is 5.98. The lowest BCUT2D eigenvalue weighted by Crippen LogP contribution is -2.30. The average molecular weight is 353 g/mol. The third-order valence-corrected chi connectivity index (χ3v) is 5.14. The monoisotopic (exact) mass is 353 g/mol. The average Bonchev–Trinajstić information content (AvgIpc) is 3.14. The van der Waals surface area contributed by atoms with E-state index in [1.165, 1.54) is 0 Å². The molecule has 2 aromatic carbocycles. The van der Waals surface area contributed by atoms with Gasteiger partial charge in [-0.25, -0.2) is 0 Å². The highest BCUT2D eigenvalue weighted by Crippen LogP contribution is 2.35. The number of fused-ring (bicyclic) bond motifs is 1. The van der Waals surface area contributed by atoms with E-state index in [0.717, 1.165) is 39.9 Å². The topological polar surface area (TPSA) is 57.0 Å². The SMILES string of the molecule is Cc1ccccc1CC(=O)N1CCc2c(-c3ccc(C#N)cc3)cncc21. The van der Waals surface area contributed by atoms with Gasteiger partial charge in [-0.05, 0) is 47.7 Å². The first kappa shape index (κ1) is 17.0. The number of nitrogens with zero attached hydrogens (tertiary/aromatic N) is 3. The molecule has 0 saturated heterocycles. The van der Waals surface area contributed by atoms with Gasteiger partial charge in [-0.15, -0.1) is 0 Å². The van der Waals surface area contributed by atoms with Gasteiger partial charge >= 0.3 is 0 Å². The first-order valence-electron chi connectivity index (χ1n) is 8.99. The molecular weight excluding hydrogens is 334 g/mol. The number of hydrogen-bond acceptors (Lipinski definition) is 3. The molecule has 1 aromatic heterocycles. The van der Waals surface area contributed by atoms with Crippen LogP contribution in [0.15, 0.2) is 60.9 Å². The van der Waals surface area contributed by atoms with Gasteiger partial charge < -0.3 is 4.90 Å². The second-order valence-electron chi connectivity index (χ2n) is 6.77. The van der Waals surface area contributed by atoms with Crippen LogP contribution in [-0.2, 0) is 17.6 Å². The molecular formula is C23H19N3O. The molecule has 0 saturated carbocycles. The van der Waals surface area contributed by atoms with E-state index in [1.807, 2.05) is 66.6 Å². The molecule has 132 valence electrons. The molecule has 1 amide bonds. The summed E-state index contributed by atoms with van der Waals surface area (Å²) in [5.41, 5.74) is 6.93. The Morgan fingerprint density at radius 1 is 1.15 bits per heavy atom. The molecule has 4 heteroatoms. The first-order valence-corrected chi connectivity index (χ1v) is 8.99. The zero-order valence-electron chi connectivity index (χ0n) is 15.1. The Balaban J connectivity index is 1.63. The Bertz CT molecular complexity index is 1050. The van der Waals surface area contributed by atoms with Crippen LogP contribution in [-0.4, -0.2) is 17.4 Å². The summed E-state index contributed by atoms with van der Waals surface area (Å²) in [5.74, 6) is 0.0989. The van der Waals surface area contributed by atoms with Gasteiger partial charge in [0.1, 0.15) is 0 Å². The van der Waals surface area contributed by atoms with Crippen molar-refractivity contribution in [1.82, 2.24) is 4.98 Å². The number of aromatic nitrogens is 1. The summed E-state index contributed by atoms with van der Waals surface area (Å²) in [6.45, 7) is 2.71. The van der Waals surface area contributed by atoms with E-state index in [9.17, 15) is 4.79 Å². The van der Waals surface area contributed by atoms with E-state index in [2.05, 4.69) is 11.1 Å². The predicted molar refractivity (Wildman–Crippen MR) is 105 cm³/mol. The zero-order chi connectivity index (χ0) is 18.8. The van der Waals surface area contributed by atoms with Gasteiger partial charge in [0, 0.05) is 18.3 Å². The summed E-state index contributed by atoms with van der Waals surface area (Å²) in [7, 11) is 0. The van der Waals surface area contributed by atoms with E-state index in [1.54, 1.807) is 6.20 Å². The number of pyridine rings is 1. The Morgan fingerprint density at radius 3 is 2.67 bits per heavy atom. The van der Waals surface area contributed by atoms with Crippen molar-refractivity contribution in [3.8, 4) is 17.2 Å². The fourth-order valence-corrected chi connectivity index (χ4v) is 3.61. The minimum Gasteiger partial charge on any atom is -0.310 e. The molecule has 2 heterocycles. The minimum atomic E-state index is 0.0989. The lowest BCUT2D eigenvalue weighted by Gasteiger charge is -2.18. The number of rotatable bonds is 3. The van der Waals surface area contributed by atoms with Gasteiger partial charge in [0.25, 0.3) is 0 Å². The maximum absolute atomic E-state index is 12.9. The summed E-state index contributed by atoms with van der Waals surface area (Å²) in [4.78, 5) is 19.1. The summed E-state index contributed by atoms with van der Waals surface area (Å²) < 4.78 is 0. The van der Waals surface area contributed by atoms with E-state index >= 15 is 0 Å². The number of carbonyl (C=O) groups excluding carboxylic acids is 1. The van der Waals surface area contributed by atoms with Gasteiger partial charge in [-0.3, -0.25) is 9.78 Å². The molecule has 1 aliphatic rings. The third-order valence-electron chi connectivity index (χ3n) is 5.14. The molecule has 0 spiro atoms. The van der Waals surface area contributed by atoms with Crippen molar-refractivity contribution in [2.24, 2.45) is 0 Å². The fraction of sp³-hybridized carbons (Fsp3) is 0.174. The van der Waals surface area contributed by atoms with E-state index in [0.29, 0.717) is 18.5 Å². The molecule has 27 heavy (non-hydrogen) atoms. The third kappa shape index (κ3) is 3.20. The number of anilines is 1. The standard InChI is InChI=1S/C23H19N3O/c1-16-4-2-3-5-19(16)12-23(27)26-11-10-20-21(14-25-15-22(20)26)18-8-6-17(13-24)7-9-18/h2-9,14-15H,10-12H2,1H3. The Kier molecular flexibility index (Phi) is 4.43. The van der Waals surface area contributed by atoms with Crippen molar-refractivity contribution in [1.29, 1.82) is 5.26 Å². The van der Waals surface area contributed by atoms with Crippen molar-refractivity contribution in [3.63, 3.8) is 0 Å². The molecule has 4 nitrogen and oxygen atoms in total. The van der Waals surface area contributed by atoms with Crippen LogP contribution in [0.4, 0.5) is 5.69 Å². The maximum Gasteiger partial charge on any atom is 0.231 e. The smallest absolute Gasteiger partial charge is 0.231 e. The van der Waals surface area contributed by atoms with Crippen LogP contribution in [0.1, 0.15) is 22.3 Å². The van der Waals surface area contributed by atoms with E-state index in [4.69, 9.17) is 5.26 Å². The second-order valence-corrected chi connectivity index (χ2v) is 6.77. The normalized spacial score (nSPS) is 12.5. The molecule has 0 unspecified atom stereocenters. The number of carbonyl (C=O) groups is 1. The number of amides is 1. The Labute approximate surface area is 158 Å². The molecule has 0 atom stereocenters. The summed E-state index contributed by atoms with van der Waals surface area (Å²) >= 11 is 0. The zero-order valence-corrected chi connectivity index (χ0v) is 15.1.